The lowest BCUT2D eigenvalue weighted by molar-refractivity contribution is 0.181. The van der Waals surface area contributed by atoms with Gasteiger partial charge in [0.05, 0.1) is 6.54 Å². The average Bonchev–Trinajstić information content (AvgIpc) is 3.26. The summed E-state index contributed by atoms with van der Waals surface area (Å²) in [5, 5.41) is 5.91. The van der Waals surface area contributed by atoms with Gasteiger partial charge >= 0.3 is 12.1 Å². The zero-order valence-corrected chi connectivity index (χ0v) is 14.7. The minimum atomic E-state index is -0.349. The zero-order valence-electron chi connectivity index (χ0n) is 14.7. The molecule has 25 heavy (non-hydrogen) atoms. The lowest BCUT2D eigenvalue weighted by Gasteiger charge is -2.23. The molecule has 1 aromatic carbocycles. The molecule has 7 nitrogen and oxygen atoms in total. The molecule has 0 spiro atoms. The van der Waals surface area contributed by atoms with Crippen molar-refractivity contribution in [3.05, 3.63) is 24.3 Å². The summed E-state index contributed by atoms with van der Waals surface area (Å²) in [6.45, 7) is 6.14. The van der Waals surface area contributed by atoms with Gasteiger partial charge in [0.2, 0.25) is 0 Å². The van der Waals surface area contributed by atoms with Crippen molar-refractivity contribution in [1.29, 1.82) is 0 Å². The van der Waals surface area contributed by atoms with Crippen molar-refractivity contribution < 1.29 is 14.3 Å². The molecule has 0 radical (unpaired) electrons. The van der Waals surface area contributed by atoms with Gasteiger partial charge in [-0.05, 0) is 50.6 Å². The number of rotatable bonds is 6. The number of anilines is 2. The van der Waals surface area contributed by atoms with E-state index in [4.69, 9.17) is 4.74 Å². The van der Waals surface area contributed by atoms with Gasteiger partial charge in [-0.3, -0.25) is 4.90 Å². The van der Waals surface area contributed by atoms with Crippen LogP contribution < -0.4 is 15.5 Å². The number of amides is 3. The van der Waals surface area contributed by atoms with Crippen LogP contribution in [0.15, 0.2) is 24.3 Å². The van der Waals surface area contributed by atoms with E-state index in [1.165, 1.54) is 12.8 Å². The summed E-state index contributed by atoms with van der Waals surface area (Å²) < 4.78 is 4.95. The summed E-state index contributed by atoms with van der Waals surface area (Å²) in [6.07, 6.45) is 3.03. The molecule has 0 saturated carbocycles. The van der Waals surface area contributed by atoms with E-state index in [2.05, 4.69) is 22.5 Å². The molecular formula is C18H26N4O3. The van der Waals surface area contributed by atoms with Crippen LogP contribution in [0.1, 0.15) is 26.2 Å². The van der Waals surface area contributed by atoms with Gasteiger partial charge in [0.25, 0.3) is 0 Å². The Labute approximate surface area is 148 Å². The Morgan fingerprint density at radius 1 is 1.28 bits per heavy atom. The maximum Gasteiger partial charge on any atom is 0.414 e. The Kier molecular flexibility index (Phi) is 5.75. The van der Waals surface area contributed by atoms with Crippen LogP contribution >= 0.6 is 0 Å². The Hall–Kier alpha value is -2.28. The van der Waals surface area contributed by atoms with Crippen LogP contribution in [0.4, 0.5) is 21.0 Å². The third kappa shape index (κ3) is 4.63. The Bertz CT molecular complexity index is 616. The summed E-state index contributed by atoms with van der Waals surface area (Å²) in [7, 11) is 0. The van der Waals surface area contributed by atoms with Crippen LogP contribution in [0.25, 0.3) is 0 Å². The number of ether oxygens (including phenoxy) is 1. The summed E-state index contributed by atoms with van der Waals surface area (Å²) in [4.78, 5) is 27.9. The molecule has 2 N–H and O–H groups in total. The smallest absolute Gasteiger partial charge is 0.414 e. The highest BCUT2D eigenvalue weighted by atomic mass is 16.6. The summed E-state index contributed by atoms with van der Waals surface area (Å²) in [5.41, 5.74) is 1.38. The number of nitrogens with zero attached hydrogens (tertiary/aromatic N) is 2. The quantitative estimate of drug-likeness (QED) is 0.830. The molecule has 2 heterocycles. The van der Waals surface area contributed by atoms with E-state index in [1.54, 1.807) is 11.0 Å². The molecular weight excluding hydrogens is 320 g/mol. The third-order valence-corrected chi connectivity index (χ3v) is 4.68. The first-order valence-corrected chi connectivity index (χ1v) is 9.00. The molecule has 7 heteroatoms. The largest absolute Gasteiger partial charge is 0.447 e. The Morgan fingerprint density at radius 2 is 2.08 bits per heavy atom. The number of benzene rings is 1. The summed E-state index contributed by atoms with van der Waals surface area (Å²) >= 11 is 0. The number of nitrogens with one attached hydrogen (secondary N) is 2. The number of likely N-dealkylation sites (tertiary alicyclic amines) is 1. The second-order valence-electron chi connectivity index (χ2n) is 6.53. The third-order valence-electron chi connectivity index (χ3n) is 4.68. The fraction of sp³-hybridized carbons (Fsp3) is 0.556. The number of carbonyl (C=O) groups excluding carboxylic acids is 2. The molecule has 0 aliphatic carbocycles. The van der Waals surface area contributed by atoms with Crippen LogP contribution in [-0.2, 0) is 4.74 Å². The van der Waals surface area contributed by atoms with Gasteiger partial charge < -0.3 is 20.3 Å². The maximum atomic E-state index is 12.3. The predicted octanol–water partition coefficient (Wildman–Crippen LogP) is 2.64. The molecule has 2 aliphatic heterocycles. The Balaban J connectivity index is 1.55. The van der Waals surface area contributed by atoms with Crippen molar-refractivity contribution in [2.45, 2.75) is 32.2 Å². The molecule has 1 atom stereocenters. The van der Waals surface area contributed by atoms with Crippen LogP contribution in [0.5, 0.6) is 0 Å². The van der Waals surface area contributed by atoms with Gasteiger partial charge in [-0.25, -0.2) is 9.59 Å². The second kappa shape index (κ2) is 8.20. The number of carbonyl (C=O) groups is 2. The first-order valence-electron chi connectivity index (χ1n) is 9.00. The van der Waals surface area contributed by atoms with Crippen molar-refractivity contribution in [3.8, 4) is 0 Å². The van der Waals surface area contributed by atoms with Gasteiger partial charge in [-0.1, -0.05) is 13.0 Å². The van der Waals surface area contributed by atoms with Gasteiger partial charge in [-0.15, -0.1) is 0 Å². The van der Waals surface area contributed by atoms with E-state index >= 15 is 0 Å². The first-order chi connectivity index (χ1) is 12.2. The lowest BCUT2D eigenvalue weighted by atomic mass is 10.2. The lowest BCUT2D eigenvalue weighted by Crippen LogP contribution is -2.44. The molecule has 136 valence electrons. The van der Waals surface area contributed by atoms with Crippen molar-refractivity contribution in [2.75, 3.05) is 43.0 Å². The van der Waals surface area contributed by atoms with E-state index in [9.17, 15) is 9.59 Å². The topological polar surface area (TPSA) is 73.9 Å². The van der Waals surface area contributed by atoms with E-state index in [1.807, 2.05) is 18.2 Å². The minimum Gasteiger partial charge on any atom is -0.447 e. The van der Waals surface area contributed by atoms with E-state index in [0.29, 0.717) is 18.8 Å². The summed E-state index contributed by atoms with van der Waals surface area (Å²) in [6, 6.07) is 7.16. The molecule has 2 saturated heterocycles. The molecule has 0 unspecified atom stereocenters. The number of urea groups is 1. The van der Waals surface area contributed by atoms with Crippen molar-refractivity contribution in [1.82, 2.24) is 10.2 Å². The fourth-order valence-corrected chi connectivity index (χ4v) is 3.29. The van der Waals surface area contributed by atoms with E-state index < -0.39 is 0 Å². The van der Waals surface area contributed by atoms with Crippen LogP contribution in [-0.4, -0.2) is 55.9 Å². The molecule has 1 aromatic rings. The first kappa shape index (κ1) is 17.5. The van der Waals surface area contributed by atoms with Gasteiger partial charge in [0.15, 0.2) is 0 Å². The van der Waals surface area contributed by atoms with Crippen LogP contribution in [0.3, 0.4) is 0 Å². The highest BCUT2D eigenvalue weighted by molar-refractivity contribution is 5.93. The predicted molar refractivity (Wildman–Crippen MR) is 97.0 cm³/mol. The van der Waals surface area contributed by atoms with Gasteiger partial charge in [-0.2, -0.15) is 0 Å². The summed E-state index contributed by atoms with van der Waals surface area (Å²) in [5.74, 6) is 0. The SMILES string of the molecule is CC[C@@H](CN1CCCC1)NC(=O)Nc1cccc(N2CCOC2=O)c1. The maximum absolute atomic E-state index is 12.3. The van der Waals surface area contributed by atoms with E-state index in [0.717, 1.165) is 31.7 Å². The normalized spacial score (nSPS) is 18.9. The van der Waals surface area contributed by atoms with Gasteiger partial charge in [0, 0.05) is 24.0 Å². The molecule has 2 fully saturated rings. The molecule has 0 aromatic heterocycles. The van der Waals surface area contributed by atoms with Crippen LogP contribution in [0, 0.1) is 0 Å². The monoisotopic (exact) mass is 346 g/mol. The van der Waals surface area contributed by atoms with Crippen molar-refractivity contribution >= 4 is 23.5 Å². The number of hydrogen-bond acceptors (Lipinski definition) is 4. The number of hydrogen-bond donors (Lipinski definition) is 2. The number of cyclic esters (lactones) is 1. The molecule has 3 amide bonds. The molecule has 2 aliphatic rings. The van der Waals surface area contributed by atoms with Gasteiger partial charge in [0.1, 0.15) is 6.61 Å². The van der Waals surface area contributed by atoms with E-state index in [-0.39, 0.29) is 18.2 Å². The highest BCUT2D eigenvalue weighted by Crippen LogP contribution is 2.22. The Morgan fingerprint density at radius 3 is 2.76 bits per heavy atom. The molecule has 3 rings (SSSR count). The van der Waals surface area contributed by atoms with Crippen molar-refractivity contribution in [3.63, 3.8) is 0 Å². The zero-order chi connectivity index (χ0) is 17.6. The average molecular weight is 346 g/mol. The van der Waals surface area contributed by atoms with Crippen molar-refractivity contribution in [2.24, 2.45) is 0 Å². The second-order valence-corrected chi connectivity index (χ2v) is 6.53. The minimum absolute atomic E-state index is 0.134. The van der Waals surface area contributed by atoms with Crippen LogP contribution in [0.2, 0.25) is 0 Å². The fourth-order valence-electron chi connectivity index (χ4n) is 3.29. The molecule has 0 bridgehead atoms. The standard InChI is InChI=1S/C18H26N4O3/c1-2-14(13-21-8-3-4-9-21)19-17(23)20-15-6-5-7-16(12-15)22-10-11-25-18(22)24/h5-7,12,14H,2-4,8-11,13H2,1H3,(H2,19,20,23)/t14-/m0/s1. The highest BCUT2D eigenvalue weighted by Gasteiger charge is 2.24.